The average molecular weight is 322 g/mol. The Labute approximate surface area is 132 Å². The molecule has 0 bridgehead atoms. The molecular weight excluding hydrogens is 306 g/mol. The Hall–Kier alpha value is -2.83. The molecule has 2 rings (SSSR count). The third-order valence-corrected chi connectivity index (χ3v) is 3.04. The molecule has 0 saturated heterocycles. The van der Waals surface area contributed by atoms with Crippen LogP contribution in [0.4, 0.5) is 19.3 Å². The van der Waals surface area contributed by atoms with Crippen molar-refractivity contribution in [1.29, 1.82) is 0 Å². The Morgan fingerprint density at radius 2 is 1.78 bits per heavy atom. The molecule has 5 nitrogen and oxygen atoms in total. The zero-order valence-electron chi connectivity index (χ0n) is 12.7. The van der Waals surface area contributed by atoms with Crippen molar-refractivity contribution >= 4 is 11.7 Å². The molecule has 0 heterocycles. The summed E-state index contributed by atoms with van der Waals surface area (Å²) in [7, 11) is 3.01. The smallest absolute Gasteiger partial charge is 0.319 e. The first kappa shape index (κ1) is 16.5. The number of hydrogen-bond donors (Lipinski definition) is 2. The van der Waals surface area contributed by atoms with E-state index < -0.39 is 17.7 Å². The molecule has 2 aromatic carbocycles. The number of halogens is 2. The number of para-hydroxylation sites is 1. The van der Waals surface area contributed by atoms with Crippen molar-refractivity contribution in [3.63, 3.8) is 0 Å². The van der Waals surface area contributed by atoms with Gasteiger partial charge in [0, 0.05) is 23.9 Å². The quantitative estimate of drug-likeness (QED) is 0.888. The largest absolute Gasteiger partial charge is 0.493 e. The van der Waals surface area contributed by atoms with Crippen LogP contribution in [0.2, 0.25) is 0 Å². The van der Waals surface area contributed by atoms with Crippen molar-refractivity contribution in [2.45, 2.75) is 6.54 Å². The minimum absolute atomic E-state index is 0.0256. The van der Waals surface area contributed by atoms with E-state index in [0.29, 0.717) is 17.1 Å². The molecule has 0 atom stereocenters. The van der Waals surface area contributed by atoms with Gasteiger partial charge in [0.05, 0.1) is 14.2 Å². The molecule has 122 valence electrons. The van der Waals surface area contributed by atoms with E-state index in [9.17, 15) is 13.6 Å². The maximum Gasteiger partial charge on any atom is 0.319 e. The van der Waals surface area contributed by atoms with E-state index in [0.717, 1.165) is 18.2 Å². The van der Waals surface area contributed by atoms with E-state index in [-0.39, 0.29) is 12.2 Å². The second kappa shape index (κ2) is 7.44. The first-order valence-corrected chi connectivity index (χ1v) is 6.74. The number of ether oxygens (including phenoxy) is 2. The van der Waals surface area contributed by atoms with Gasteiger partial charge in [-0.05, 0) is 18.2 Å². The van der Waals surface area contributed by atoms with E-state index in [1.165, 1.54) is 14.2 Å². The van der Waals surface area contributed by atoms with Crippen molar-refractivity contribution in [3.8, 4) is 11.5 Å². The fourth-order valence-corrected chi connectivity index (χ4v) is 2.07. The molecule has 0 unspecified atom stereocenters. The normalized spacial score (nSPS) is 10.1. The molecule has 0 aliphatic rings. The van der Waals surface area contributed by atoms with Crippen LogP contribution in [-0.4, -0.2) is 20.3 Å². The number of methoxy groups -OCH3 is 2. The number of benzene rings is 2. The summed E-state index contributed by atoms with van der Waals surface area (Å²) in [5.74, 6) is -0.490. The minimum Gasteiger partial charge on any atom is -0.493 e. The second-order valence-corrected chi connectivity index (χ2v) is 4.62. The Kier molecular flexibility index (Phi) is 5.35. The predicted molar refractivity (Wildman–Crippen MR) is 81.8 cm³/mol. The Morgan fingerprint density at radius 3 is 2.39 bits per heavy atom. The molecule has 0 aliphatic heterocycles. The lowest BCUT2D eigenvalue weighted by Crippen LogP contribution is -2.28. The van der Waals surface area contributed by atoms with Crippen LogP contribution >= 0.6 is 0 Å². The van der Waals surface area contributed by atoms with Gasteiger partial charge in [-0.25, -0.2) is 13.6 Å². The maximum absolute atomic E-state index is 13.1. The SMILES string of the molecule is COc1cccc(CNC(=O)Nc2cc(F)cc(F)c2)c1OC. The van der Waals surface area contributed by atoms with E-state index in [1.54, 1.807) is 18.2 Å². The van der Waals surface area contributed by atoms with Gasteiger partial charge in [-0.15, -0.1) is 0 Å². The van der Waals surface area contributed by atoms with Gasteiger partial charge < -0.3 is 20.1 Å². The summed E-state index contributed by atoms with van der Waals surface area (Å²) in [5.41, 5.74) is 0.727. The van der Waals surface area contributed by atoms with E-state index in [1.807, 2.05) is 0 Å². The number of rotatable bonds is 5. The summed E-state index contributed by atoms with van der Waals surface area (Å²) in [4.78, 5) is 11.8. The van der Waals surface area contributed by atoms with Gasteiger partial charge in [0.1, 0.15) is 11.6 Å². The first-order valence-electron chi connectivity index (χ1n) is 6.74. The zero-order valence-corrected chi connectivity index (χ0v) is 12.7. The second-order valence-electron chi connectivity index (χ2n) is 4.62. The molecule has 0 saturated carbocycles. The number of nitrogens with one attached hydrogen (secondary N) is 2. The lowest BCUT2D eigenvalue weighted by atomic mass is 10.2. The van der Waals surface area contributed by atoms with Crippen LogP contribution in [0.3, 0.4) is 0 Å². The monoisotopic (exact) mass is 322 g/mol. The molecule has 0 aliphatic carbocycles. The lowest BCUT2D eigenvalue weighted by Gasteiger charge is -2.13. The van der Waals surface area contributed by atoms with Crippen LogP contribution in [0.1, 0.15) is 5.56 Å². The molecule has 0 fully saturated rings. The van der Waals surface area contributed by atoms with Crippen LogP contribution in [0.15, 0.2) is 36.4 Å². The molecule has 7 heteroatoms. The summed E-state index contributed by atoms with van der Waals surface area (Å²) >= 11 is 0. The standard InChI is InChI=1S/C16H16F2N2O3/c1-22-14-5-3-4-10(15(14)23-2)9-19-16(21)20-13-7-11(17)6-12(18)8-13/h3-8H,9H2,1-2H3,(H2,19,20,21). The number of urea groups is 1. The van der Waals surface area contributed by atoms with Gasteiger partial charge in [-0.2, -0.15) is 0 Å². The van der Waals surface area contributed by atoms with Crippen molar-refractivity contribution in [2.24, 2.45) is 0 Å². The van der Waals surface area contributed by atoms with E-state index in [2.05, 4.69) is 10.6 Å². The lowest BCUT2D eigenvalue weighted by molar-refractivity contribution is 0.251. The third kappa shape index (κ3) is 4.32. The highest BCUT2D eigenvalue weighted by Gasteiger charge is 2.11. The van der Waals surface area contributed by atoms with E-state index in [4.69, 9.17) is 9.47 Å². The molecule has 0 spiro atoms. The molecule has 23 heavy (non-hydrogen) atoms. The molecule has 2 amide bonds. The summed E-state index contributed by atoms with van der Waals surface area (Å²) < 4.78 is 36.6. The van der Waals surface area contributed by atoms with Gasteiger partial charge in [0.15, 0.2) is 11.5 Å². The van der Waals surface area contributed by atoms with Gasteiger partial charge in [-0.1, -0.05) is 12.1 Å². The molecule has 0 aromatic heterocycles. The first-order chi connectivity index (χ1) is 11.0. The predicted octanol–water partition coefficient (Wildman–Crippen LogP) is 3.30. The molecule has 2 aromatic rings. The van der Waals surface area contributed by atoms with Gasteiger partial charge in [0.25, 0.3) is 0 Å². The fourth-order valence-electron chi connectivity index (χ4n) is 2.07. The Balaban J connectivity index is 2.02. The van der Waals surface area contributed by atoms with Crippen LogP contribution < -0.4 is 20.1 Å². The summed E-state index contributed by atoms with van der Waals surface area (Å²) in [6.07, 6.45) is 0. The van der Waals surface area contributed by atoms with Crippen molar-refractivity contribution in [1.82, 2.24) is 5.32 Å². The van der Waals surface area contributed by atoms with Gasteiger partial charge in [0.2, 0.25) is 0 Å². The molecule has 2 N–H and O–H groups in total. The van der Waals surface area contributed by atoms with Gasteiger partial charge in [-0.3, -0.25) is 0 Å². The number of amides is 2. The highest BCUT2D eigenvalue weighted by molar-refractivity contribution is 5.89. The highest BCUT2D eigenvalue weighted by Crippen LogP contribution is 2.30. The summed E-state index contributed by atoms with van der Waals surface area (Å²) in [6, 6.07) is 7.44. The maximum atomic E-state index is 13.1. The van der Waals surface area contributed by atoms with Crippen molar-refractivity contribution in [2.75, 3.05) is 19.5 Å². The van der Waals surface area contributed by atoms with Crippen LogP contribution in [0.5, 0.6) is 11.5 Å². The fraction of sp³-hybridized carbons (Fsp3) is 0.188. The number of anilines is 1. The van der Waals surface area contributed by atoms with E-state index >= 15 is 0 Å². The van der Waals surface area contributed by atoms with Crippen molar-refractivity contribution < 1.29 is 23.0 Å². The summed E-state index contributed by atoms with van der Waals surface area (Å²) in [5, 5.41) is 4.94. The average Bonchev–Trinajstić information content (AvgIpc) is 2.51. The topological polar surface area (TPSA) is 59.6 Å². The Bertz CT molecular complexity index is 687. The highest BCUT2D eigenvalue weighted by atomic mass is 19.1. The van der Waals surface area contributed by atoms with Gasteiger partial charge >= 0.3 is 6.03 Å². The number of hydrogen-bond acceptors (Lipinski definition) is 3. The van der Waals surface area contributed by atoms with Crippen LogP contribution in [0, 0.1) is 11.6 Å². The number of carbonyl (C=O) groups is 1. The molecular formula is C16H16F2N2O3. The van der Waals surface area contributed by atoms with Crippen LogP contribution in [0.25, 0.3) is 0 Å². The molecule has 0 radical (unpaired) electrons. The Morgan fingerprint density at radius 1 is 1.09 bits per heavy atom. The van der Waals surface area contributed by atoms with Crippen molar-refractivity contribution in [3.05, 3.63) is 53.6 Å². The third-order valence-electron chi connectivity index (χ3n) is 3.04. The van der Waals surface area contributed by atoms with Crippen LogP contribution in [-0.2, 0) is 6.54 Å². The minimum atomic E-state index is -0.769. The number of carbonyl (C=O) groups excluding carboxylic acids is 1. The summed E-state index contributed by atoms with van der Waals surface area (Å²) in [6.45, 7) is 0.157. The zero-order chi connectivity index (χ0) is 16.8.